The van der Waals surface area contributed by atoms with E-state index in [4.69, 9.17) is 0 Å². The van der Waals surface area contributed by atoms with E-state index in [0.717, 1.165) is 61.9 Å². The Morgan fingerprint density at radius 2 is 1.74 bits per heavy atom. The highest BCUT2D eigenvalue weighted by Crippen LogP contribution is 2.60. The van der Waals surface area contributed by atoms with Crippen LogP contribution in [0.5, 0.6) is 0 Å². The maximum absolute atomic E-state index is 10.7. The van der Waals surface area contributed by atoms with E-state index in [1.807, 2.05) is 0 Å². The van der Waals surface area contributed by atoms with Gasteiger partial charge < -0.3 is 10.2 Å². The number of fused-ring (bicyclic) bond motifs is 1. The van der Waals surface area contributed by atoms with Gasteiger partial charge in [-0.15, -0.1) is 0 Å². The monoisotopic (exact) mass is 470 g/mol. The van der Waals surface area contributed by atoms with Gasteiger partial charge in [-0.05, 0) is 99.4 Å². The fourth-order valence-corrected chi connectivity index (χ4v) is 7.81. The molecule has 0 aliphatic heterocycles. The minimum absolute atomic E-state index is 0.338. The van der Waals surface area contributed by atoms with Crippen LogP contribution in [0.15, 0.2) is 35.5 Å². The standard InChI is InChI=1S/C29H46O2.C3H8/c1-21(8-6-19-29(31)17-4-5-18-29)25-14-15-26-24(9-7-16-28(25,26)3)13-12-23-11-10-22(2)27(30)20-23;1-3-2/h12-13,21,25-27,30-31H,2,4-11,14-20H2,1,3H3;3H2,1-2H3/b23-12-,24-13+;. The van der Waals surface area contributed by atoms with Gasteiger partial charge in [-0.25, -0.2) is 0 Å². The van der Waals surface area contributed by atoms with Crippen LogP contribution in [-0.2, 0) is 0 Å². The molecule has 4 aliphatic carbocycles. The van der Waals surface area contributed by atoms with Crippen molar-refractivity contribution in [2.45, 2.75) is 142 Å². The maximum atomic E-state index is 10.7. The molecule has 0 aromatic carbocycles. The molecule has 4 saturated carbocycles. The van der Waals surface area contributed by atoms with Crippen molar-refractivity contribution in [3.05, 3.63) is 35.5 Å². The van der Waals surface area contributed by atoms with Crippen LogP contribution in [0, 0.1) is 23.2 Å². The predicted molar refractivity (Wildman–Crippen MR) is 146 cm³/mol. The predicted octanol–water partition coefficient (Wildman–Crippen LogP) is 8.68. The minimum Gasteiger partial charge on any atom is -0.390 e. The Balaban J connectivity index is 0.00000103. The third-order valence-electron chi connectivity index (χ3n) is 9.79. The van der Waals surface area contributed by atoms with Gasteiger partial charge in [0.2, 0.25) is 0 Å². The molecule has 5 unspecified atom stereocenters. The van der Waals surface area contributed by atoms with Gasteiger partial charge in [0.25, 0.3) is 0 Å². The van der Waals surface area contributed by atoms with Crippen molar-refractivity contribution in [1.29, 1.82) is 0 Å². The van der Waals surface area contributed by atoms with Crippen LogP contribution in [0.25, 0.3) is 0 Å². The summed E-state index contributed by atoms with van der Waals surface area (Å²) in [6.45, 7) is 13.3. The van der Waals surface area contributed by atoms with Gasteiger partial charge in [0.15, 0.2) is 0 Å². The first-order valence-corrected chi connectivity index (χ1v) is 14.7. The minimum atomic E-state index is -0.339. The van der Waals surface area contributed by atoms with E-state index in [-0.39, 0.29) is 11.7 Å². The van der Waals surface area contributed by atoms with Crippen LogP contribution in [0.3, 0.4) is 0 Å². The topological polar surface area (TPSA) is 40.5 Å². The fraction of sp³-hybridized carbons (Fsp3) is 0.812. The number of hydrogen-bond acceptors (Lipinski definition) is 2. The number of rotatable bonds is 6. The zero-order valence-electron chi connectivity index (χ0n) is 22.9. The third-order valence-corrected chi connectivity index (χ3v) is 9.79. The lowest BCUT2D eigenvalue weighted by molar-refractivity contribution is 0.0319. The molecule has 2 nitrogen and oxygen atoms in total. The highest BCUT2D eigenvalue weighted by atomic mass is 16.3. The molecule has 0 radical (unpaired) electrons. The van der Waals surface area contributed by atoms with E-state index in [1.54, 1.807) is 5.57 Å². The Morgan fingerprint density at radius 1 is 1.03 bits per heavy atom. The summed E-state index contributed by atoms with van der Waals surface area (Å²) in [4.78, 5) is 0. The van der Waals surface area contributed by atoms with Crippen LogP contribution in [0.2, 0.25) is 0 Å². The lowest BCUT2D eigenvalue weighted by atomic mass is 9.60. The molecular formula is C32H54O2. The second-order valence-electron chi connectivity index (χ2n) is 12.5. The molecule has 0 bridgehead atoms. The summed E-state index contributed by atoms with van der Waals surface area (Å²) in [6.07, 6.45) is 23.1. The molecule has 0 spiro atoms. The normalized spacial score (nSPS) is 36.3. The summed E-state index contributed by atoms with van der Waals surface area (Å²) in [5, 5.41) is 20.9. The van der Waals surface area contributed by atoms with Gasteiger partial charge in [0, 0.05) is 0 Å². The van der Waals surface area contributed by atoms with Crippen molar-refractivity contribution >= 4 is 0 Å². The first-order valence-electron chi connectivity index (χ1n) is 14.7. The quantitative estimate of drug-likeness (QED) is 0.381. The molecule has 0 aromatic heterocycles. The Kier molecular flexibility index (Phi) is 10.1. The zero-order chi connectivity index (χ0) is 24.8. The molecule has 0 saturated heterocycles. The lowest BCUT2D eigenvalue weighted by Crippen LogP contribution is -2.36. The Hall–Kier alpha value is -0.860. The van der Waals surface area contributed by atoms with Crippen LogP contribution < -0.4 is 0 Å². The SMILES string of the molecule is C=C1CC/C(=C/C=C2\CCCC3(C)C2CCC3C(C)CCCC2(O)CCCC2)CC1O.CCC. The summed E-state index contributed by atoms with van der Waals surface area (Å²) >= 11 is 0. The Labute approximate surface area is 211 Å². The van der Waals surface area contributed by atoms with Gasteiger partial charge in [-0.2, -0.15) is 0 Å². The van der Waals surface area contributed by atoms with Gasteiger partial charge >= 0.3 is 0 Å². The Bertz CT molecular complexity index is 725. The molecule has 2 heteroatoms. The van der Waals surface area contributed by atoms with Crippen molar-refractivity contribution < 1.29 is 10.2 Å². The molecule has 5 atom stereocenters. The smallest absolute Gasteiger partial charge is 0.0784 e. The molecular weight excluding hydrogens is 416 g/mol. The summed E-state index contributed by atoms with van der Waals surface area (Å²) in [7, 11) is 0. The van der Waals surface area contributed by atoms with Crippen molar-refractivity contribution in [3.8, 4) is 0 Å². The maximum Gasteiger partial charge on any atom is 0.0784 e. The average molecular weight is 471 g/mol. The molecule has 0 amide bonds. The molecule has 0 heterocycles. The number of allylic oxidation sites excluding steroid dienone is 3. The number of hydrogen-bond donors (Lipinski definition) is 2. The van der Waals surface area contributed by atoms with E-state index >= 15 is 0 Å². The highest BCUT2D eigenvalue weighted by Gasteiger charge is 2.50. The van der Waals surface area contributed by atoms with E-state index in [1.165, 1.54) is 69.8 Å². The first-order chi connectivity index (χ1) is 16.2. The van der Waals surface area contributed by atoms with Crippen LogP contribution in [-0.4, -0.2) is 21.9 Å². The van der Waals surface area contributed by atoms with Crippen LogP contribution in [0.4, 0.5) is 0 Å². The van der Waals surface area contributed by atoms with Crippen LogP contribution >= 0.6 is 0 Å². The number of aliphatic hydroxyl groups is 2. The van der Waals surface area contributed by atoms with Gasteiger partial charge in [0.1, 0.15) is 0 Å². The van der Waals surface area contributed by atoms with Crippen molar-refractivity contribution in [1.82, 2.24) is 0 Å². The van der Waals surface area contributed by atoms with E-state index in [0.29, 0.717) is 5.41 Å². The molecule has 194 valence electrons. The fourth-order valence-electron chi connectivity index (χ4n) is 7.81. The lowest BCUT2D eigenvalue weighted by Gasteiger charge is -2.44. The second kappa shape index (κ2) is 12.4. The highest BCUT2D eigenvalue weighted by molar-refractivity contribution is 5.28. The van der Waals surface area contributed by atoms with Crippen molar-refractivity contribution in [2.24, 2.45) is 23.2 Å². The third kappa shape index (κ3) is 6.67. The van der Waals surface area contributed by atoms with E-state index in [2.05, 4.69) is 46.4 Å². The zero-order valence-corrected chi connectivity index (χ0v) is 22.9. The largest absolute Gasteiger partial charge is 0.390 e. The molecule has 4 rings (SSSR count). The average Bonchev–Trinajstić information content (AvgIpc) is 3.38. The molecule has 4 aliphatic rings. The number of aliphatic hydroxyl groups excluding tert-OH is 1. The first kappa shape index (κ1) is 27.7. The van der Waals surface area contributed by atoms with Gasteiger partial charge in [-0.3, -0.25) is 0 Å². The van der Waals surface area contributed by atoms with E-state index in [9.17, 15) is 10.2 Å². The molecule has 2 N–H and O–H groups in total. The van der Waals surface area contributed by atoms with E-state index < -0.39 is 0 Å². The summed E-state index contributed by atoms with van der Waals surface area (Å²) < 4.78 is 0. The molecule has 34 heavy (non-hydrogen) atoms. The molecule has 0 aromatic rings. The van der Waals surface area contributed by atoms with Gasteiger partial charge in [0.05, 0.1) is 11.7 Å². The van der Waals surface area contributed by atoms with Crippen LogP contribution in [0.1, 0.15) is 130 Å². The van der Waals surface area contributed by atoms with Gasteiger partial charge in [-0.1, -0.05) is 89.7 Å². The Morgan fingerprint density at radius 3 is 2.41 bits per heavy atom. The van der Waals surface area contributed by atoms with Crippen molar-refractivity contribution in [2.75, 3.05) is 0 Å². The summed E-state index contributed by atoms with van der Waals surface area (Å²) in [5.41, 5.74) is 4.19. The molecule has 4 fully saturated rings. The van der Waals surface area contributed by atoms with Crippen molar-refractivity contribution in [3.63, 3.8) is 0 Å². The summed E-state index contributed by atoms with van der Waals surface area (Å²) in [5.74, 6) is 2.33. The second-order valence-corrected chi connectivity index (χ2v) is 12.5. The summed E-state index contributed by atoms with van der Waals surface area (Å²) in [6, 6.07) is 0.